The Bertz CT molecular complexity index is 653. The summed E-state index contributed by atoms with van der Waals surface area (Å²) in [5, 5.41) is 8.78. The van der Waals surface area contributed by atoms with Crippen LogP contribution in [0.3, 0.4) is 0 Å². The molecule has 0 amide bonds. The van der Waals surface area contributed by atoms with E-state index >= 15 is 0 Å². The Kier molecular flexibility index (Phi) is 16.9. The van der Waals surface area contributed by atoms with E-state index in [0.717, 1.165) is 31.5 Å². The van der Waals surface area contributed by atoms with E-state index in [0.29, 0.717) is 37.3 Å². The van der Waals surface area contributed by atoms with Crippen molar-refractivity contribution in [1.82, 2.24) is 4.67 Å². The van der Waals surface area contributed by atoms with Crippen LogP contribution in [0.2, 0.25) is 0 Å². The summed E-state index contributed by atoms with van der Waals surface area (Å²) in [6.07, 6.45) is 10.7. The Hall–Kier alpha value is -1.51. The van der Waals surface area contributed by atoms with E-state index in [4.69, 9.17) is 19.0 Å². The van der Waals surface area contributed by atoms with Crippen molar-refractivity contribution in [3.8, 4) is 11.8 Å². The van der Waals surface area contributed by atoms with Crippen LogP contribution in [0.25, 0.3) is 0 Å². The molecule has 33 heavy (non-hydrogen) atoms. The molecule has 0 saturated carbocycles. The van der Waals surface area contributed by atoms with Crippen molar-refractivity contribution in [1.29, 1.82) is 5.26 Å². The van der Waals surface area contributed by atoms with Crippen molar-refractivity contribution in [2.45, 2.75) is 97.6 Å². The number of rotatable bonds is 20. The highest BCUT2D eigenvalue weighted by Gasteiger charge is 2.26. The summed E-state index contributed by atoms with van der Waals surface area (Å²) in [5.74, 6) is 0.826. The molecule has 6 nitrogen and oxygen atoms in total. The van der Waals surface area contributed by atoms with Gasteiger partial charge in [-0.25, -0.2) is 4.67 Å². The highest BCUT2D eigenvalue weighted by Crippen LogP contribution is 2.46. The fourth-order valence-corrected chi connectivity index (χ4v) is 5.18. The van der Waals surface area contributed by atoms with Gasteiger partial charge in [0.1, 0.15) is 12.0 Å². The predicted molar refractivity (Wildman–Crippen MR) is 135 cm³/mol. The van der Waals surface area contributed by atoms with Crippen LogP contribution in [0.5, 0.6) is 5.75 Å². The summed E-state index contributed by atoms with van der Waals surface area (Å²) < 4.78 is 20.0. The molecule has 186 valence electrons. The topological polar surface area (TPSA) is 71.8 Å². The average molecular weight is 479 g/mol. The molecule has 0 aliphatic rings. The lowest BCUT2D eigenvalue weighted by Gasteiger charge is -2.35. The molecule has 1 rings (SSSR count). The number of carbonyl (C=O) groups is 1. The minimum atomic E-state index is -1.12. The zero-order chi connectivity index (χ0) is 24.3. The van der Waals surface area contributed by atoms with Gasteiger partial charge in [0, 0.05) is 17.6 Å². The number of hydrogen-bond donors (Lipinski definition) is 0. The largest absolute Gasteiger partial charge is 0.494 e. The minimum absolute atomic E-state index is 0.339. The van der Waals surface area contributed by atoms with Crippen molar-refractivity contribution < 1.29 is 18.6 Å². The van der Waals surface area contributed by atoms with E-state index in [2.05, 4.69) is 38.4 Å². The quantitative estimate of drug-likeness (QED) is 0.111. The Morgan fingerprint density at radius 2 is 1.36 bits per heavy atom. The molecule has 0 fully saturated rings. The SMILES string of the molecule is CC(C)N(C(C)C)P(OCCC#N)OCCCCCCCCCCOc1ccc(C=O)cc1. The summed E-state index contributed by atoms with van der Waals surface area (Å²) >= 11 is 0. The second-order valence-corrected chi connectivity index (χ2v) is 10.2. The molecule has 1 atom stereocenters. The molecule has 0 aromatic heterocycles. The van der Waals surface area contributed by atoms with E-state index < -0.39 is 8.53 Å². The van der Waals surface area contributed by atoms with Gasteiger partial charge in [-0.2, -0.15) is 5.26 Å². The van der Waals surface area contributed by atoms with Crippen molar-refractivity contribution >= 4 is 14.8 Å². The summed E-state index contributed by atoms with van der Waals surface area (Å²) in [6.45, 7) is 10.5. The van der Waals surface area contributed by atoms with Crippen LogP contribution >= 0.6 is 8.53 Å². The van der Waals surface area contributed by atoms with E-state index in [1.54, 1.807) is 12.1 Å². The Labute approximate surface area is 202 Å². The number of nitriles is 1. The van der Waals surface area contributed by atoms with Crippen molar-refractivity contribution in [3.05, 3.63) is 29.8 Å². The third kappa shape index (κ3) is 13.7. The Morgan fingerprint density at radius 3 is 1.88 bits per heavy atom. The number of benzene rings is 1. The molecule has 1 aromatic carbocycles. The molecule has 0 N–H and O–H groups in total. The van der Waals surface area contributed by atoms with Crippen molar-refractivity contribution in [2.24, 2.45) is 0 Å². The normalized spacial score (nSPS) is 12.3. The van der Waals surface area contributed by atoms with Gasteiger partial charge in [-0.15, -0.1) is 0 Å². The zero-order valence-corrected chi connectivity index (χ0v) is 21.9. The molecule has 0 aliphatic carbocycles. The van der Waals surface area contributed by atoms with Gasteiger partial charge in [-0.3, -0.25) is 4.79 Å². The van der Waals surface area contributed by atoms with Gasteiger partial charge in [0.25, 0.3) is 8.53 Å². The lowest BCUT2D eigenvalue weighted by atomic mass is 10.1. The highest BCUT2D eigenvalue weighted by atomic mass is 31.2. The van der Waals surface area contributed by atoms with Gasteiger partial charge in [0.2, 0.25) is 0 Å². The standard InChI is InChI=1S/C26H43N2O4P/c1-23(2)28(24(3)4)33(32-21-13-18-27)31-20-12-10-8-6-5-7-9-11-19-30-26-16-14-25(22-29)15-17-26/h14-17,22-24H,5-13,19-21H2,1-4H3. The fourth-order valence-electron chi connectivity index (χ4n) is 3.55. The van der Waals surface area contributed by atoms with Crippen LogP contribution in [0, 0.1) is 11.3 Å². The van der Waals surface area contributed by atoms with Gasteiger partial charge in [0.05, 0.1) is 32.3 Å². The van der Waals surface area contributed by atoms with E-state index in [1.807, 2.05) is 12.1 Å². The number of nitrogens with zero attached hydrogens (tertiary/aromatic N) is 2. The third-order valence-corrected chi connectivity index (χ3v) is 7.30. The number of aldehydes is 1. The maximum Gasteiger partial charge on any atom is 0.259 e. The first kappa shape index (κ1) is 29.5. The lowest BCUT2D eigenvalue weighted by Crippen LogP contribution is -2.33. The molecule has 0 radical (unpaired) electrons. The number of hydrogen-bond acceptors (Lipinski definition) is 6. The van der Waals surface area contributed by atoms with E-state index in [-0.39, 0.29) is 0 Å². The smallest absolute Gasteiger partial charge is 0.259 e. The maximum absolute atomic E-state index is 10.7. The first-order chi connectivity index (χ1) is 16.0. The van der Waals surface area contributed by atoms with E-state index in [1.165, 1.54) is 38.5 Å². The molecule has 0 bridgehead atoms. The molecule has 0 spiro atoms. The van der Waals surface area contributed by atoms with Crippen LogP contribution in [0.4, 0.5) is 0 Å². The summed E-state index contributed by atoms with van der Waals surface area (Å²) in [6, 6.07) is 10.1. The molecule has 0 aliphatic heterocycles. The number of carbonyl (C=O) groups excluding carboxylic acids is 1. The first-order valence-corrected chi connectivity index (χ1v) is 13.5. The highest BCUT2D eigenvalue weighted by molar-refractivity contribution is 7.44. The predicted octanol–water partition coefficient (Wildman–Crippen LogP) is 7.29. The summed E-state index contributed by atoms with van der Waals surface area (Å²) in [4.78, 5) is 10.7. The summed E-state index contributed by atoms with van der Waals surface area (Å²) in [5.41, 5.74) is 0.673. The fraction of sp³-hybridized carbons (Fsp3) is 0.692. The van der Waals surface area contributed by atoms with Gasteiger partial charge in [-0.1, -0.05) is 38.5 Å². The molecule has 1 unspecified atom stereocenters. The van der Waals surface area contributed by atoms with Crippen LogP contribution < -0.4 is 4.74 Å². The number of ether oxygens (including phenoxy) is 1. The van der Waals surface area contributed by atoms with Crippen molar-refractivity contribution in [2.75, 3.05) is 19.8 Å². The van der Waals surface area contributed by atoms with Crippen molar-refractivity contribution in [3.63, 3.8) is 0 Å². The second kappa shape index (κ2) is 18.9. The van der Waals surface area contributed by atoms with Gasteiger partial charge in [-0.05, 0) is 64.8 Å². The van der Waals surface area contributed by atoms with Crippen LogP contribution in [-0.2, 0) is 9.05 Å². The van der Waals surface area contributed by atoms with Gasteiger partial charge >= 0.3 is 0 Å². The molecular formula is C26H43N2O4P. The zero-order valence-electron chi connectivity index (χ0n) is 21.0. The second-order valence-electron chi connectivity index (χ2n) is 8.74. The molecule has 0 saturated heterocycles. The Morgan fingerprint density at radius 1 is 0.848 bits per heavy atom. The molecule has 1 aromatic rings. The van der Waals surface area contributed by atoms with E-state index in [9.17, 15) is 4.79 Å². The van der Waals surface area contributed by atoms with Gasteiger partial charge in [0.15, 0.2) is 0 Å². The average Bonchev–Trinajstić information content (AvgIpc) is 2.79. The van der Waals surface area contributed by atoms with Gasteiger partial charge < -0.3 is 13.8 Å². The molecule has 7 heteroatoms. The summed E-state index contributed by atoms with van der Waals surface area (Å²) in [7, 11) is -1.12. The number of unbranched alkanes of at least 4 members (excludes halogenated alkanes) is 7. The molecule has 0 heterocycles. The minimum Gasteiger partial charge on any atom is -0.494 e. The monoisotopic (exact) mass is 478 g/mol. The first-order valence-electron chi connectivity index (χ1n) is 12.4. The van der Waals surface area contributed by atoms with Crippen LogP contribution in [-0.4, -0.2) is 42.9 Å². The van der Waals surface area contributed by atoms with Crippen LogP contribution in [0.15, 0.2) is 24.3 Å². The van der Waals surface area contributed by atoms with Crippen LogP contribution in [0.1, 0.15) is 95.8 Å². The lowest BCUT2D eigenvalue weighted by molar-refractivity contribution is 0.112. The molecular weight excluding hydrogens is 435 g/mol. The Balaban J connectivity index is 2.07. The third-order valence-electron chi connectivity index (χ3n) is 5.19. The maximum atomic E-state index is 10.7.